The zero-order valence-electron chi connectivity index (χ0n) is 9.69. The van der Waals surface area contributed by atoms with Gasteiger partial charge in [-0.3, -0.25) is 0 Å². The first kappa shape index (κ1) is 11.6. The van der Waals surface area contributed by atoms with Gasteiger partial charge in [-0.05, 0) is 11.5 Å². The molecule has 0 N–H and O–H groups in total. The fourth-order valence-corrected chi connectivity index (χ4v) is 1.37. The van der Waals surface area contributed by atoms with Crippen molar-refractivity contribution < 1.29 is 4.79 Å². The summed E-state index contributed by atoms with van der Waals surface area (Å²) in [6, 6.07) is 0. The van der Waals surface area contributed by atoms with Gasteiger partial charge in [0.2, 0.25) is 5.95 Å². The van der Waals surface area contributed by atoms with Crippen LogP contribution in [0.1, 0.15) is 31.0 Å². The van der Waals surface area contributed by atoms with Crippen LogP contribution in [0.5, 0.6) is 0 Å². The van der Waals surface area contributed by atoms with E-state index in [9.17, 15) is 4.79 Å². The summed E-state index contributed by atoms with van der Waals surface area (Å²) in [6.07, 6.45) is 3.02. The van der Waals surface area contributed by atoms with Crippen molar-refractivity contribution in [3.8, 4) is 0 Å². The predicted molar refractivity (Wildman–Crippen MR) is 60.2 cm³/mol. The van der Waals surface area contributed by atoms with E-state index in [1.807, 2.05) is 19.0 Å². The Morgan fingerprint density at radius 3 is 2.60 bits per heavy atom. The molecule has 0 aromatic carbocycles. The van der Waals surface area contributed by atoms with Gasteiger partial charge in [0, 0.05) is 26.7 Å². The van der Waals surface area contributed by atoms with E-state index in [0.717, 1.165) is 17.5 Å². The molecule has 0 aliphatic rings. The normalized spacial score (nSPS) is 10.5. The summed E-state index contributed by atoms with van der Waals surface area (Å²) in [5, 5.41) is 0. The highest BCUT2D eigenvalue weighted by Gasteiger charge is 2.11. The summed E-state index contributed by atoms with van der Waals surface area (Å²) in [6.45, 7) is 4.13. The number of aldehydes is 1. The third-order valence-corrected chi connectivity index (χ3v) is 2.14. The van der Waals surface area contributed by atoms with Crippen molar-refractivity contribution in [2.75, 3.05) is 19.0 Å². The van der Waals surface area contributed by atoms with Crippen LogP contribution in [-0.2, 0) is 11.2 Å². The van der Waals surface area contributed by atoms with E-state index in [1.54, 1.807) is 6.20 Å². The number of hydrogen-bond donors (Lipinski definition) is 0. The van der Waals surface area contributed by atoms with Gasteiger partial charge in [-0.1, -0.05) is 13.8 Å². The number of anilines is 1. The number of hydrogen-bond acceptors (Lipinski definition) is 4. The molecule has 0 amide bonds. The molecule has 0 atom stereocenters. The second kappa shape index (κ2) is 4.87. The average molecular weight is 207 g/mol. The van der Waals surface area contributed by atoms with Gasteiger partial charge in [0.15, 0.2) is 0 Å². The first-order chi connectivity index (χ1) is 7.06. The van der Waals surface area contributed by atoms with Gasteiger partial charge in [0.05, 0.1) is 5.69 Å². The molecule has 0 saturated carbocycles. The summed E-state index contributed by atoms with van der Waals surface area (Å²) >= 11 is 0. The van der Waals surface area contributed by atoms with Crippen LogP contribution >= 0.6 is 0 Å². The molecule has 0 bridgehead atoms. The molecule has 0 spiro atoms. The van der Waals surface area contributed by atoms with E-state index in [0.29, 0.717) is 18.3 Å². The summed E-state index contributed by atoms with van der Waals surface area (Å²) in [5.74, 6) is 0.995. The Labute approximate surface area is 90.3 Å². The second-order valence-electron chi connectivity index (χ2n) is 4.00. The van der Waals surface area contributed by atoms with Crippen molar-refractivity contribution in [1.82, 2.24) is 9.97 Å². The van der Waals surface area contributed by atoms with E-state index in [1.165, 1.54) is 0 Å². The van der Waals surface area contributed by atoms with Gasteiger partial charge in [-0.2, -0.15) is 0 Å². The molecule has 1 aromatic rings. The smallest absolute Gasteiger partial charge is 0.225 e. The van der Waals surface area contributed by atoms with Crippen LogP contribution in [0.4, 0.5) is 5.95 Å². The van der Waals surface area contributed by atoms with E-state index >= 15 is 0 Å². The summed E-state index contributed by atoms with van der Waals surface area (Å²) in [7, 11) is 3.80. The van der Waals surface area contributed by atoms with Crippen molar-refractivity contribution >= 4 is 12.2 Å². The molecule has 0 radical (unpaired) electrons. The molecule has 4 nitrogen and oxygen atoms in total. The lowest BCUT2D eigenvalue weighted by molar-refractivity contribution is -0.107. The summed E-state index contributed by atoms with van der Waals surface area (Å²) in [5.41, 5.74) is 1.88. The average Bonchev–Trinajstić information content (AvgIpc) is 2.18. The topological polar surface area (TPSA) is 46.1 Å². The fourth-order valence-electron chi connectivity index (χ4n) is 1.37. The maximum absolute atomic E-state index is 10.5. The monoisotopic (exact) mass is 207 g/mol. The highest BCUT2D eigenvalue weighted by atomic mass is 16.1. The van der Waals surface area contributed by atoms with Crippen LogP contribution < -0.4 is 4.90 Å². The standard InChI is InChI=1S/C11H17N3O/c1-8(2)10-9(5-6-15)7-12-11(13-10)14(3)4/h6-8H,5H2,1-4H3. The molecule has 0 saturated heterocycles. The van der Waals surface area contributed by atoms with Crippen LogP contribution in [0.2, 0.25) is 0 Å². The Morgan fingerprint density at radius 2 is 2.13 bits per heavy atom. The third-order valence-electron chi connectivity index (χ3n) is 2.14. The molecule has 0 aliphatic heterocycles. The van der Waals surface area contributed by atoms with Crippen molar-refractivity contribution in [2.45, 2.75) is 26.2 Å². The Kier molecular flexibility index (Phi) is 3.77. The lowest BCUT2D eigenvalue weighted by Gasteiger charge is -2.15. The molecular formula is C11H17N3O. The lowest BCUT2D eigenvalue weighted by Crippen LogP contribution is -2.15. The zero-order chi connectivity index (χ0) is 11.4. The van der Waals surface area contributed by atoms with Gasteiger partial charge in [-0.25, -0.2) is 9.97 Å². The van der Waals surface area contributed by atoms with Gasteiger partial charge in [0.1, 0.15) is 6.29 Å². The van der Waals surface area contributed by atoms with Gasteiger partial charge in [0.25, 0.3) is 0 Å². The minimum Gasteiger partial charge on any atom is -0.347 e. The third kappa shape index (κ3) is 2.75. The maximum atomic E-state index is 10.5. The number of carbonyl (C=O) groups is 1. The molecule has 0 fully saturated rings. The number of carbonyl (C=O) groups excluding carboxylic acids is 1. The fraction of sp³-hybridized carbons (Fsp3) is 0.545. The van der Waals surface area contributed by atoms with Crippen LogP contribution in [-0.4, -0.2) is 30.3 Å². The number of nitrogens with zero attached hydrogens (tertiary/aromatic N) is 3. The molecule has 4 heteroatoms. The van der Waals surface area contributed by atoms with Crippen molar-refractivity contribution in [3.05, 3.63) is 17.5 Å². The molecule has 1 aromatic heterocycles. The van der Waals surface area contributed by atoms with E-state index in [2.05, 4.69) is 23.8 Å². The van der Waals surface area contributed by atoms with Crippen LogP contribution in [0, 0.1) is 0 Å². The second-order valence-corrected chi connectivity index (χ2v) is 4.00. The Bertz CT molecular complexity index is 348. The van der Waals surface area contributed by atoms with Crippen molar-refractivity contribution in [2.24, 2.45) is 0 Å². The van der Waals surface area contributed by atoms with E-state index < -0.39 is 0 Å². The predicted octanol–water partition coefficient (Wildman–Crippen LogP) is 1.41. The van der Waals surface area contributed by atoms with Gasteiger partial charge in [-0.15, -0.1) is 0 Å². The molecule has 0 aliphatic carbocycles. The Morgan fingerprint density at radius 1 is 1.47 bits per heavy atom. The van der Waals surface area contributed by atoms with Gasteiger partial charge < -0.3 is 9.69 Å². The summed E-state index contributed by atoms with van der Waals surface area (Å²) < 4.78 is 0. The van der Waals surface area contributed by atoms with E-state index in [-0.39, 0.29) is 0 Å². The van der Waals surface area contributed by atoms with E-state index in [4.69, 9.17) is 0 Å². The molecule has 0 unspecified atom stereocenters. The Hall–Kier alpha value is -1.45. The first-order valence-corrected chi connectivity index (χ1v) is 5.03. The maximum Gasteiger partial charge on any atom is 0.225 e. The highest BCUT2D eigenvalue weighted by molar-refractivity contribution is 5.55. The summed E-state index contributed by atoms with van der Waals surface area (Å²) in [4.78, 5) is 21.0. The molecule has 82 valence electrons. The first-order valence-electron chi connectivity index (χ1n) is 5.03. The molecule has 1 heterocycles. The highest BCUT2D eigenvalue weighted by Crippen LogP contribution is 2.18. The molecular weight excluding hydrogens is 190 g/mol. The SMILES string of the molecule is CC(C)c1nc(N(C)C)ncc1CC=O. The lowest BCUT2D eigenvalue weighted by atomic mass is 10.0. The van der Waals surface area contributed by atoms with Crippen LogP contribution in [0.25, 0.3) is 0 Å². The molecule has 1 rings (SSSR count). The minimum absolute atomic E-state index is 0.307. The quantitative estimate of drug-likeness (QED) is 0.700. The van der Waals surface area contributed by atoms with Gasteiger partial charge >= 0.3 is 0 Å². The Balaban J connectivity index is 3.14. The molecule has 15 heavy (non-hydrogen) atoms. The number of aromatic nitrogens is 2. The zero-order valence-corrected chi connectivity index (χ0v) is 9.69. The van der Waals surface area contributed by atoms with Crippen molar-refractivity contribution in [3.63, 3.8) is 0 Å². The number of rotatable bonds is 4. The van der Waals surface area contributed by atoms with Crippen LogP contribution in [0.3, 0.4) is 0 Å². The largest absolute Gasteiger partial charge is 0.347 e. The van der Waals surface area contributed by atoms with Crippen molar-refractivity contribution in [1.29, 1.82) is 0 Å². The van der Waals surface area contributed by atoms with Crippen LogP contribution in [0.15, 0.2) is 6.20 Å². The minimum atomic E-state index is 0.307.